The third-order valence-corrected chi connectivity index (χ3v) is 3.86. The van der Waals surface area contributed by atoms with Crippen molar-refractivity contribution in [2.24, 2.45) is 0 Å². The minimum atomic E-state index is -0.330. The number of aromatic nitrogens is 1. The van der Waals surface area contributed by atoms with Gasteiger partial charge < -0.3 is 10.1 Å². The van der Waals surface area contributed by atoms with E-state index in [-0.39, 0.29) is 18.6 Å². The number of pyridine rings is 1. The largest absolute Gasteiger partial charge is 0.484 e. The van der Waals surface area contributed by atoms with Crippen molar-refractivity contribution in [2.45, 2.75) is 6.04 Å². The molecule has 1 unspecified atom stereocenters. The SMILES string of the molecule is O=C(COc1ccc(Cl)cc1)NC(c1ccccc1)c1ccccn1. The smallest absolute Gasteiger partial charge is 0.258 e. The first-order chi connectivity index (χ1) is 12.2. The molecule has 0 aliphatic rings. The Labute approximate surface area is 151 Å². The third kappa shape index (κ3) is 4.81. The Balaban J connectivity index is 1.69. The summed E-state index contributed by atoms with van der Waals surface area (Å²) in [5.41, 5.74) is 1.73. The predicted molar refractivity (Wildman–Crippen MR) is 97.6 cm³/mol. The van der Waals surface area contributed by atoms with Gasteiger partial charge in [-0.15, -0.1) is 0 Å². The molecule has 0 fully saturated rings. The van der Waals surface area contributed by atoms with Crippen molar-refractivity contribution < 1.29 is 9.53 Å². The van der Waals surface area contributed by atoms with Gasteiger partial charge in [-0.05, 0) is 42.0 Å². The second-order valence-corrected chi connectivity index (χ2v) is 5.84. The fourth-order valence-corrected chi connectivity index (χ4v) is 2.53. The molecule has 1 aromatic heterocycles. The molecule has 126 valence electrons. The minimum absolute atomic E-state index is 0.0855. The Bertz CT molecular complexity index is 769. The lowest BCUT2D eigenvalue weighted by molar-refractivity contribution is -0.123. The van der Waals surface area contributed by atoms with E-state index in [1.54, 1.807) is 30.5 Å². The van der Waals surface area contributed by atoms with Crippen LogP contribution >= 0.6 is 11.6 Å². The van der Waals surface area contributed by atoms with Gasteiger partial charge in [-0.2, -0.15) is 0 Å². The zero-order chi connectivity index (χ0) is 17.5. The maximum atomic E-state index is 12.4. The van der Waals surface area contributed by atoms with Crippen molar-refractivity contribution in [3.05, 3.63) is 95.3 Å². The van der Waals surface area contributed by atoms with Gasteiger partial charge in [0.2, 0.25) is 0 Å². The van der Waals surface area contributed by atoms with Gasteiger partial charge in [0.1, 0.15) is 5.75 Å². The van der Waals surface area contributed by atoms with Gasteiger partial charge in [-0.3, -0.25) is 9.78 Å². The molecule has 0 aliphatic carbocycles. The molecule has 1 heterocycles. The van der Waals surface area contributed by atoms with Gasteiger partial charge in [0.25, 0.3) is 5.91 Å². The van der Waals surface area contributed by atoms with Crippen LogP contribution in [0.15, 0.2) is 79.0 Å². The molecule has 0 radical (unpaired) electrons. The van der Waals surface area contributed by atoms with E-state index in [0.717, 1.165) is 11.3 Å². The van der Waals surface area contributed by atoms with Crippen molar-refractivity contribution in [1.82, 2.24) is 10.3 Å². The zero-order valence-corrected chi connectivity index (χ0v) is 14.2. The fraction of sp³-hybridized carbons (Fsp3) is 0.100. The lowest BCUT2D eigenvalue weighted by Crippen LogP contribution is -2.33. The molecule has 1 N–H and O–H groups in total. The highest BCUT2D eigenvalue weighted by molar-refractivity contribution is 6.30. The third-order valence-electron chi connectivity index (χ3n) is 3.61. The van der Waals surface area contributed by atoms with Crippen LogP contribution in [0.2, 0.25) is 5.02 Å². The summed E-state index contributed by atoms with van der Waals surface area (Å²) in [5.74, 6) is 0.364. The first kappa shape index (κ1) is 17.0. The molecule has 0 aliphatic heterocycles. The van der Waals surface area contributed by atoms with Crippen molar-refractivity contribution in [3.63, 3.8) is 0 Å². The van der Waals surface area contributed by atoms with Crippen LogP contribution in [0.1, 0.15) is 17.3 Å². The molecular weight excluding hydrogens is 336 g/mol. The summed E-state index contributed by atoms with van der Waals surface area (Å²) in [6, 6.07) is 21.9. The van der Waals surface area contributed by atoms with Crippen molar-refractivity contribution >= 4 is 17.5 Å². The Morgan fingerprint density at radius 3 is 2.40 bits per heavy atom. The molecule has 2 aromatic carbocycles. The molecular formula is C20H17ClN2O2. The van der Waals surface area contributed by atoms with Crippen molar-refractivity contribution in [1.29, 1.82) is 0 Å². The zero-order valence-electron chi connectivity index (χ0n) is 13.4. The first-order valence-electron chi connectivity index (χ1n) is 7.86. The maximum absolute atomic E-state index is 12.4. The summed E-state index contributed by atoms with van der Waals surface area (Å²) >= 11 is 5.84. The number of carbonyl (C=O) groups excluding carboxylic acids is 1. The van der Waals surface area contributed by atoms with Crippen LogP contribution in [0, 0.1) is 0 Å². The van der Waals surface area contributed by atoms with Gasteiger partial charge in [-0.25, -0.2) is 0 Å². The predicted octanol–water partition coefficient (Wildman–Crippen LogP) is 4.02. The molecule has 1 amide bonds. The van der Waals surface area contributed by atoms with Crippen LogP contribution in [0.4, 0.5) is 0 Å². The number of nitrogens with zero attached hydrogens (tertiary/aromatic N) is 1. The van der Waals surface area contributed by atoms with E-state index < -0.39 is 0 Å². The summed E-state index contributed by atoms with van der Waals surface area (Å²) in [6.45, 7) is -0.0855. The molecule has 0 saturated carbocycles. The van der Waals surface area contributed by atoms with Crippen LogP contribution in [-0.4, -0.2) is 17.5 Å². The Morgan fingerprint density at radius 2 is 1.72 bits per heavy atom. The number of hydrogen-bond donors (Lipinski definition) is 1. The Kier molecular flexibility index (Phi) is 5.65. The molecule has 5 heteroatoms. The highest BCUT2D eigenvalue weighted by Crippen LogP contribution is 2.20. The van der Waals surface area contributed by atoms with Gasteiger partial charge in [0, 0.05) is 11.2 Å². The highest BCUT2D eigenvalue weighted by Gasteiger charge is 2.18. The number of nitrogens with one attached hydrogen (secondary N) is 1. The maximum Gasteiger partial charge on any atom is 0.258 e. The summed E-state index contributed by atoms with van der Waals surface area (Å²) in [4.78, 5) is 16.7. The molecule has 3 aromatic rings. The minimum Gasteiger partial charge on any atom is -0.484 e. The average Bonchev–Trinajstić information content (AvgIpc) is 2.67. The van der Waals surface area contributed by atoms with E-state index >= 15 is 0 Å². The van der Waals surface area contributed by atoms with Crippen LogP contribution in [-0.2, 0) is 4.79 Å². The molecule has 0 saturated heterocycles. The van der Waals surface area contributed by atoms with E-state index in [1.807, 2.05) is 48.5 Å². The van der Waals surface area contributed by atoms with Crippen molar-refractivity contribution in [3.8, 4) is 5.75 Å². The van der Waals surface area contributed by atoms with E-state index in [2.05, 4.69) is 10.3 Å². The van der Waals surface area contributed by atoms with Crippen LogP contribution in [0.25, 0.3) is 0 Å². The monoisotopic (exact) mass is 352 g/mol. The van der Waals surface area contributed by atoms with E-state index in [4.69, 9.17) is 16.3 Å². The quantitative estimate of drug-likeness (QED) is 0.729. The van der Waals surface area contributed by atoms with E-state index in [0.29, 0.717) is 10.8 Å². The van der Waals surface area contributed by atoms with Gasteiger partial charge in [0.15, 0.2) is 6.61 Å². The molecule has 3 rings (SSSR count). The number of rotatable bonds is 6. The summed E-state index contributed by atoms with van der Waals surface area (Å²) in [6.07, 6.45) is 1.71. The Morgan fingerprint density at radius 1 is 1.00 bits per heavy atom. The fourth-order valence-electron chi connectivity index (χ4n) is 2.40. The van der Waals surface area contributed by atoms with Gasteiger partial charge in [-0.1, -0.05) is 48.0 Å². The Hall–Kier alpha value is -2.85. The summed E-state index contributed by atoms with van der Waals surface area (Å²) in [7, 11) is 0. The van der Waals surface area contributed by atoms with Crippen LogP contribution in [0.3, 0.4) is 0 Å². The van der Waals surface area contributed by atoms with E-state index in [1.165, 1.54) is 0 Å². The second-order valence-electron chi connectivity index (χ2n) is 5.41. The normalized spacial score (nSPS) is 11.6. The number of ether oxygens (including phenoxy) is 1. The van der Waals surface area contributed by atoms with Gasteiger partial charge >= 0.3 is 0 Å². The molecule has 4 nitrogen and oxygen atoms in total. The standard InChI is InChI=1S/C20H17ClN2O2/c21-16-9-11-17(12-10-16)25-14-19(24)23-20(15-6-2-1-3-7-15)18-8-4-5-13-22-18/h1-13,20H,14H2,(H,23,24). The summed E-state index contributed by atoms with van der Waals surface area (Å²) in [5, 5.41) is 3.60. The van der Waals surface area contributed by atoms with E-state index in [9.17, 15) is 4.79 Å². The molecule has 25 heavy (non-hydrogen) atoms. The van der Waals surface area contributed by atoms with Crippen LogP contribution < -0.4 is 10.1 Å². The lowest BCUT2D eigenvalue weighted by Gasteiger charge is -2.19. The first-order valence-corrected chi connectivity index (χ1v) is 8.24. The topological polar surface area (TPSA) is 51.2 Å². The van der Waals surface area contributed by atoms with Crippen molar-refractivity contribution in [2.75, 3.05) is 6.61 Å². The number of hydrogen-bond acceptors (Lipinski definition) is 3. The van der Waals surface area contributed by atoms with Gasteiger partial charge in [0.05, 0.1) is 11.7 Å². The number of amides is 1. The lowest BCUT2D eigenvalue weighted by atomic mass is 10.0. The van der Waals surface area contributed by atoms with Crippen LogP contribution in [0.5, 0.6) is 5.75 Å². The number of halogens is 1. The average molecular weight is 353 g/mol. The summed E-state index contributed by atoms with van der Waals surface area (Å²) < 4.78 is 5.50. The highest BCUT2D eigenvalue weighted by atomic mass is 35.5. The molecule has 0 spiro atoms. The number of benzene rings is 2. The molecule has 1 atom stereocenters. The number of carbonyl (C=O) groups is 1. The second kappa shape index (κ2) is 8.31. The molecule has 0 bridgehead atoms.